The molecule has 4 heterocycles. The zero-order valence-electron chi connectivity index (χ0n) is 16.2. The minimum absolute atomic E-state index is 0.0552. The quantitative estimate of drug-likeness (QED) is 0.745. The van der Waals surface area contributed by atoms with Gasteiger partial charge >= 0.3 is 5.97 Å². The van der Waals surface area contributed by atoms with E-state index in [1.165, 1.54) is 0 Å². The number of hydrogen-bond donors (Lipinski definition) is 1. The second-order valence-electron chi connectivity index (χ2n) is 8.63. The van der Waals surface area contributed by atoms with Gasteiger partial charge in [-0.1, -0.05) is 0 Å². The highest BCUT2D eigenvalue weighted by molar-refractivity contribution is 5.97. The number of rotatable bonds is 2. The lowest BCUT2D eigenvalue weighted by Crippen LogP contribution is -2.60. The van der Waals surface area contributed by atoms with E-state index in [-0.39, 0.29) is 25.7 Å². The molecule has 1 amide bonds. The van der Waals surface area contributed by atoms with E-state index in [2.05, 4.69) is 0 Å². The van der Waals surface area contributed by atoms with Gasteiger partial charge in [0.2, 0.25) is 6.79 Å². The first kappa shape index (κ1) is 17.5. The number of fused-ring (bicyclic) bond motifs is 3. The fraction of sp³-hybridized carbons (Fsp3) is 0.619. The molecule has 0 radical (unpaired) electrons. The van der Waals surface area contributed by atoms with Gasteiger partial charge in [-0.25, -0.2) is 0 Å². The molecule has 4 aliphatic heterocycles. The van der Waals surface area contributed by atoms with Crippen LogP contribution in [0, 0.1) is 5.41 Å². The molecule has 3 fully saturated rings. The molecule has 1 N–H and O–H groups in total. The second kappa shape index (κ2) is 5.43. The molecule has 154 valence electrons. The first-order chi connectivity index (χ1) is 14.0. The van der Waals surface area contributed by atoms with Gasteiger partial charge in [0, 0.05) is 19.4 Å². The highest BCUT2D eigenvalue weighted by Crippen LogP contribution is 2.69. The lowest BCUT2D eigenvalue weighted by Gasteiger charge is -2.51. The van der Waals surface area contributed by atoms with E-state index < -0.39 is 28.8 Å². The van der Waals surface area contributed by atoms with Crippen molar-refractivity contribution in [2.75, 3.05) is 19.9 Å². The van der Waals surface area contributed by atoms with Crippen LogP contribution in [0.1, 0.15) is 43.7 Å². The van der Waals surface area contributed by atoms with Gasteiger partial charge < -0.3 is 29.0 Å². The lowest BCUT2D eigenvalue weighted by molar-refractivity contribution is -0.214. The summed E-state index contributed by atoms with van der Waals surface area (Å²) in [7, 11) is 0. The molecule has 1 aromatic carbocycles. The largest absolute Gasteiger partial charge is 0.465 e. The minimum Gasteiger partial charge on any atom is -0.465 e. The number of carbonyl (C=O) groups is 2. The third-order valence-electron chi connectivity index (χ3n) is 7.42. The van der Waals surface area contributed by atoms with Crippen molar-refractivity contribution >= 4 is 11.9 Å². The lowest BCUT2D eigenvalue weighted by atomic mass is 9.57. The summed E-state index contributed by atoms with van der Waals surface area (Å²) in [6.07, 6.45) is 1.34. The summed E-state index contributed by atoms with van der Waals surface area (Å²) in [5, 5.41) is 11.0. The highest BCUT2D eigenvalue weighted by Gasteiger charge is 2.82. The number of benzene rings is 1. The van der Waals surface area contributed by atoms with Crippen LogP contribution in [-0.2, 0) is 31.0 Å². The number of ether oxygens (including phenoxy) is 4. The van der Waals surface area contributed by atoms with Crippen LogP contribution in [0.3, 0.4) is 0 Å². The van der Waals surface area contributed by atoms with E-state index >= 15 is 0 Å². The van der Waals surface area contributed by atoms with Crippen LogP contribution in [-0.4, -0.2) is 53.7 Å². The van der Waals surface area contributed by atoms with E-state index in [9.17, 15) is 14.7 Å². The van der Waals surface area contributed by atoms with Gasteiger partial charge in [0.1, 0.15) is 5.41 Å². The van der Waals surface area contributed by atoms with Gasteiger partial charge in [0.05, 0.1) is 12.1 Å². The average Bonchev–Trinajstić information content (AvgIpc) is 3.27. The summed E-state index contributed by atoms with van der Waals surface area (Å²) in [4.78, 5) is 28.8. The number of hydrogen-bond acceptors (Lipinski definition) is 7. The number of aliphatic hydroxyl groups is 1. The first-order valence-electron chi connectivity index (χ1n) is 10.3. The van der Waals surface area contributed by atoms with Crippen molar-refractivity contribution in [2.24, 2.45) is 5.41 Å². The molecule has 2 saturated heterocycles. The number of carbonyl (C=O) groups excluding carboxylic acids is 2. The molecular weight excluding hydrogens is 378 g/mol. The van der Waals surface area contributed by atoms with Gasteiger partial charge in [0.15, 0.2) is 23.4 Å². The summed E-state index contributed by atoms with van der Waals surface area (Å²) in [5.74, 6) is -0.877. The van der Waals surface area contributed by atoms with Crippen molar-refractivity contribution in [1.29, 1.82) is 0 Å². The smallest absolute Gasteiger partial charge is 0.318 e. The van der Waals surface area contributed by atoms with Crippen molar-refractivity contribution < 1.29 is 33.6 Å². The van der Waals surface area contributed by atoms with Crippen molar-refractivity contribution in [3.8, 4) is 11.5 Å². The Morgan fingerprint density at radius 2 is 2.10 bits per heavy atom. The van der Waals surface area contributed by atoms with E-state index in [1.54, 1.807) is 6.92 Å². The van der Waals surface area contributed by atoms with Gasteiger partial charge in [0.25, 0.3) is 5.91 Å². The molecule has 1 saturated carbocycles. The first-order valence-corrected chi connectivity index (χ1v) is 10.3. The Hall–Kier alpha value is -2.32. The normalized spacial score (nSPS) is 38.5. The highest BCUT2D eigenvalue weighted by atomic mass is 16.7. The van der Waals surface area contributed by atoms with Gasteiger partial charge in [-0.15, -0.1) is 0 Å². The molecule has 1 aromatic rings. The van der Waals surface area contributed by atoms with Gasteiger partial charge in [-0.3, -0.25) is 9.59 Å². The number of amides is 1. The Morgan fingerprint density at radius 3 is 2.90 bits per heavy atom. The molecule has 2 bridgehead atoms. The van der Waals surface area contributed by atoms with E-state index in [0.29, 0.717) is 30.9 Å². The maximum Gasteiger partial charge on any atom is 0.318 e. The monoisotopic (exact) mass is 401 g/mol. The summed E-state index contributed by atoms with van der Waals surface area (Å²) in [5.41, 5.74) is -0.252. The number of aryl methyl sites for hydroxylation is 1. The molecule has 4 atom stereocenters. The predicted molar refractivity (Wildman–Crippen MR) is 97.0 cm³/mol. The second-order valence-corrected chi connectivity index (χ2v) is 8.63. The molecule has 29 heavy (non-hydrogen) atoms. The topological polar surface area (TPSA) is 94.5 Å². The van der Waals surface area contributed by atoms with Gasteiger partial charge in [-0.05, 0) is 49.4 Å². The van der Waals surface area contributed by atoms with Crippen molar-refractivity contribution in [3.05, 3.63) is 23.3 Å². The Bertz CT molecular complexity index is 947. The summed E-state index contributed by atoms with van der Waals surface area (Å²) >= 11 is 0. The molecule has 5 aliphatic rings. The van der Waals surface area contributed by atoms with E-state index in [1.807, 2.05) is 17.0 Å². The van der Waals surface area contributed by atoms with Crippen molar-refractivity contribution in [2.45, 2.75) is 56.5 Å². The van der Waals surface area contributed by atoms with Crippen LogP contribution in [0.5, 0.6) is 11.5 Å². The Balaban J connectivity index is 1.65. The van der Waals surface area contributed by atoms with Crippen LogP contribution >= 0.6 is 0 Å². The summed E-state index contributed by atoms with van der Waals surface area (Å²) in [6.45, 7) is 2.63. The van der Waals surface area contributed by atoms with Crippen LogP contribution in [0.15, 0.2) is 12.1 Å². The van der Waals surface area contributed by atoms with E-state index in [4.69, 9.17) is 18.9 Å². The Kier molecular flexibility index (Phi) is 3.28. The predicted octanol–water partition coefficient (Wildman–Crippen LogP) is 1.22. The maximum absolute atomic E-state index is 13.5. The molecular formula is C21H23NO7. The van der Waals surface area contributed by atoms with Crippen molar-refractivity contribution in [3.63, 3.8) is 0 Å². The Morgan fingerprint density at radius 1 is 1.31 bits per heavy atom. The Labute approximate surface area is 167 Å². The zero-order valence-corrected chi connectivity index (χ0v) is 16.2. The van der Waals surface area contributed by atoms with E-state index in [0.717, 1.165) is 24.0 Å². The van der Waals surface area contributed by atoms with Crippen LogP contribution < -0.4 is 9.47 Å². The molecule has 8 nitrogen and oxygen atoms in total. The SMILES string of the molecule is CCOC(=O)[C@@]12C[C@@]3(O)CC[C@@]14c1cc5c(cc1CCCN4C(=O)[C@@H]2O3)OCO5. The molecule has 0 unspecified atom stereocenters. The molecule has 6 rings (SSSR count). The van der Waals surface area contributed by atoms with Crippen molar-refractivity contribution in [1.82, 2.24) is 4.90 Å². The zero-order chi connectivity index (χ0) is 20.0. The molecule has 0 aromatic heterocycles. The molecule has 8 heteroatoms. The third-order valence-corrected chi connectivity index (χ3v) is 7.42. The number of nitrogens with zero attached hydrogens (tertiary/aromatic N) is 1. The maximum atomic E-state index is 13.5. The fourth-order valence-electron chi connectivity index (χ4n) is 6.40. The molecule has 1 aliphatic carbocycles. The number of esters is 1. The summed E-state index contributed by atoms with van der Waals surface area (Å²) < 4.78 is 22.6. The fourth-order valence-corrected chi connectivity index (χ4v) is 6.40. The average molecular weight is 401 g/mol. The molecule has 1 spiro atoms. The summed E-state index contributed by atoms with van der Waals surface area (Å²) in [6, 6.07) is 3.90. The van der Waals surface area contributed by atoms with Gasteiger partial charge in [-0.2, -0.15) is 0 Å². The third kappa shape index (κ3) is 1.87. The van der Waals surface area contributed by atoms with Crippen LogP contribution in [0.25, 0.3) is 0 Å². The van der Waals surface area contributed by atoms with Crippen LogP contribution in [0.4, 0.5) is 0 Å². The van der Waals surface area contributed by atoms with Crippen LogP contribution in [0.2, 0.25) is 0 Å². The standard InChI is InChI=1S/C21H23NO7/c1-2-26-18(24)20-10-19(25)5-6-21(20)13-9-15-14(27-11-28-15)8-12(13)4-3-7-22(21)17(23)16(20)29-19/h8-9,16,25H,2-7,10-11H2,1H3/t16-,19+,20-,21+/m0/s1. The minimum atomic E-state index is -1.48.